The predicted molar refractivity (Wildman–Crippen MR) is 84.4 cm³/mol. The van der Waals surface area contributed by atoms with Gasteiger partial charge < -0.3 is 0 Å². The number of rotatable bonds is 5. The highest BCUT2D eigenvalue weighted by molar-refractivity contribution is 5.94. The van der Waals surface area contributed by atoms with Crippen molar-refractivity contribution in [1.29, 1.82) is 0 Å². The summed E-state index contributed by atoms with van der Waals surface area (Å²) in [5.74, 6) is -0.242. The molecule has 0 N–H and O–H groups in total. The first-order valence-electron chi connectivity index (χ1n) is 7.38. The van der Waals surface area contributed by atoms with Crippen LogP contribution in [0.25, 0.3) is 0 Å². The normalized spacial score (nSPS) is 10.5. The number of aromatic nitrogens is 2. The van der Waals surface area contributed by atoms with Gasteiger partial charge >= 0.3 is 0 Å². The minimum absolute atomic E-state index is 0.0107. The quantitative estimate of drug-likeness (QED) is 0.536. The molecule has 0 aliphatic heterocycles. The van der Waals surface area contributed by atoms with Crippen LogP contribution in [0.3, 0.4) is 0 Å². The van der Waals surface area contributed by atoms with Gasteiger partial charge in [0.05, 0.1) is 18.8 Å². The van der Waals surface area contributed by atoms with E-state index in [9.17, 15) is 9.18 Å². The molecular formula is C19H16FN2O+. The molecule has 0 fully saturated rings. The summed E-state index contributed by atoms with van der Waals surface area (Å²) in [6, 6.07) is 15.8. The Bertz CT molecular complexity index is 818. The summed E-state index contributed by atoms with van der Waals surface area (Å²) in [7, 11) is 0. The van der Waals surface area contributed by atoms with Crippen LogP contribution in [0.1, 0.15) is 21.6 Å². The van der Waals surface area contributed by atoms with Crippen molar-refractivity contribution in [2.75, 3.05) is 0 Å². The Hall–Kier alpha value is -2.88. The maximum Gasteiger partial charge on any atom is 0.227 e. The molecule has 2 aromatic carbocycles. The van der Waals surface area contributed by atoms with Crippen LogP contribution in [0, 0.1) is 5.82 Å². The fraction of sp³-hybridized carbons (Fsp3) is 0.105. The van der Waals surface area contributed by atoms with Gasteiger partial charge in [-0.1, -0.05) is 48.5 Å². The van der Waals surface area contributed by atoms with Crippen molar-refractivity contribution >= 4 is 5.78 Å². The van der Waals surface area contributed by atoms with E-state index in [2.05, 4.69) is 4.98 Å². The van der Waals surface area contributed by atoms with E-state index in [0.29, 0.717) is 17.5 Å². The van der Waals surface area contributed by atoms with Crippen LogP contribution in [0.5, 0.6) is 0 Å². The summed E-state index contributed by atoms with van der Waals surface area (Å²) in [4.78, 5) is 16.5. The Morgan fingerprint density at radius 2 is 1.78 bits per heavy atom. The number of nitrogens with zero attached hydrogens (tertiary/aromatic N) is 2. The minimum atomic E-state index is -0.253. The van der Waals surface area contributed by atoms with Gasteiger partial charge in [-0.3, -0.25) is 9.78 Å². The van der Waals surface area contributed by atoms with Crippen molar-refractivity contribution in [2.24, 2.45) is 0 Å². The van der Waals surface area contributed by atoms with Crippen LogP contribution in [0.15, 0.2) is 73.2 Å². The summed E-state index contributed by atoms with van der Waals surface area (Å²) < 4.78 is 15.7. The van der Waals surface area contributed by atoms with Crippen molar-refractivity contribution in [3.63, 3.8) is 0 Å². The molecule has 3 rings (SSSR count). The Morgan fingerprint density at radius 1 is 1.04 bits per heavy atom. The number of carbonyl (C=O) groups is 1. The van der Waals surface area contributed by atoms with E-state index < -0.39 is 0 Å². The Labute approximate surface area is 134 Å². The zero-order valence-corrected chi connectivity index (χ0v) is 12.5. The molecule has 23 heavy (non-hydrogen) atoms. The van der Waals surface area contributed by atoms with Gasteiger partial charge in [0.2, 0.25) is 18.0 Å². The highest BCUT2D eigenvalue weighted by Gasteiger charge is 2.17. The number of hydrogen-bond donors (Lipinski definition) is 0. The molecule has 3 nitrogen and oxygen atoms in total. The molecule has 0 saturated carbocycles. The number of carbonyl (C=O) groups excluding carboxylic acids is 1. The molecule has 0 aliphatic rings. The zero-order chi connectivity index (χ0) is 16.1. The van der Waals surface area contributed by atoms with Crippen molar-refractivity contribution in [3.8, 4) is 0 Å². The number of halogens is 1. The summed E-state index contributed by atoms with van der Waals surface area (Å²) in [5.41, 5.74) is 2.04. The Kier molecular flexibility index (Phi) is 4.52. The first-order valence-corrected chi connectivity index (χ1v) is 7.38. The maximum atomic E-state index is 13.8. The van der Waals surface area contributed by atoms with Crippen LogP contribution >= 0.6 is 0 Å². The fourth-order valence-electron chi connectivity index (χ4n) is 2.43. The van der Waals surface area contributed by atoms with Crippen LogP contribution in [-0.4, -0.2) is 10.8 Å². The largest absolute Gasteiger partial charge is 0.287 e. The average molecular weight is 307 g/mol. The van der Waals surface area contributed by atoms with Gasteiger partial charge in [0.1, 0.15) is 5.82 Å². The molecule has 0 unspecified atom stereocenters. The maximum absolute atomic E-state index is 13.8. The molecule has 3 aromatic rings. The van der Waals surface area contributed by atoms with E-state index in [1.165, 1.54) is 6.07 Å². The van der Waals surface area contributed by atoms with Crippen molar-refractivity contribution in [1.82, 2.24) is 4.98 Å². The second kappa shape index (κ2) is 6.92. The van der Waals surface area contributed by atoms with E-state index >= 15 is 0 Å². The van der Waals surface area contributed by atoms with E-state index in [1.54, 1.807) is 48.9 Å². The highest BCUT2D eigenvalue weighted by atomic mass is 19.1. The lowest BCUT2D eigenvalue weighted by molar-refractivity contribution is -0.690. The highest BCUT2D eigenvalue weighted by Crippen LogP contribution is 2.10. The fourth-order valence-corrected chi connectivity index (χ4v) is 2.43. The van der Waals surface area contributed by atoms with Gasteiger partial charge in [-0.25, -0.2) is 4.39 Å². The summed E-state index contributed by atoms with van der Waals surface area (Å²) in [6.07, 6.45) is 5.44. The summed E-state index contributed by atoms with van der Waals surface area (Å²) in [5, 5.41) is 0. The van der Waals surface area contributed by atoms with E-state index in [1.807, 2.05) is 22.8 Å². The Morgan fingerprint density at radius 3 is 2.57 bits per heavy atom. The molecule has 114 valence electrons. The molecule has 0 amide bonds. The van der Waals surface area contributed by atoms with Crippen molar-refractivity contribution in [2.45, 2.75) is 13.0 Å². The third-order valence-electron chi connectivity index (χ3n) is 3.66. The zero-order valence-electron chi connectivity index (χ0n) is 12.5. The third-order valence-corrected chi connectivity index (χ3v) is 3.66. The molecule has 0 radical (unpaired) electrons. The summed E-state index contributed by atoms with van der Waals surface area (Å²) in [6.45, 7) is 0.205. The number of Topliss-reactive ketones (excluding diaryl/α,β-unsaturated/α-hetero) is 1. The second-order valence-corrected chi connectivity index (χ2v) is 5.25. The van der Waals surface area contributed by atoms with Crippen molar-refractivity contribution < 1.29 is 13.8 Å². The molecule has 1 heterocycles. The van der Waals surface area contributed by atoms with Crippen molar-refractivity contribution in [3.05, 3.63) is 95.8 Å². The lowest BCUT2D eigenvalue weighted by Crippen LogP contribution is -2.42. The lowest BCUT2D eigenvalue weighted by atomic mass is 10.1. The molecule has 0 aliphatic carbocycles. The van der Waals surface area contributed by atoms with Gasteiger partial charge in [0, 0.05) is 5.56 Å². The first-order chi connectivity index (χ1) is 11.2. The van der Waals surface area contributed by atoms with Gasteiger partial charge in [0.25, 0.3) is 0 Å². The number of benzene rings is 2. The first kappa shape index (κ1) is 15.0. The van der Waals surface area contributed by atoms with Crippen LogP contribution in [0.2, 0.25) is 0 Å². The smallest absolute Gasteiger partial charge is 0.227 e. The van der Waals surface area contributed by atoms with Gasteiger partial charge in [-0.2, -0.15) is 4.57 Å². The number of hydrogen-bond acceptors (Lipinski definition) is 2. The standard InChI is InChI=1S/C19H16FN2O/c20-18-9-5-4-8-16(18)12-17-13-21-10-11-22(17)14-19(23)15-6-2-1-3-7-15/h1-11,13H,12,14H2/q+1. The average Bonchev–Trinajstić information content (AvgIpc) is 2.59. The number of ketones is 1. The third kappa shape index (κ3) is 3.66. The molecule has 0 saturated heterocycles. The van der Waals surface area contributed by atoms with Gasteiger partial charge in [-0.15, -0.1) is 0 Å². The molecule has 0 atom stereocenters. The van der Waals surface area contributed by atoms with Gasteiger partial charge in [0.15, 0.2) is 6.20 Å². The topological polar surface area (TPSA) is 33.8 Å². The van der Waals surface area contributed by atoms with Crippen LogP contribution < -0.4 is 4.57 Å². The predicted octanol–water partition coefficient (Wildman–Crippen LogP) is 2.98. The Balaban J connectivity index is 1.84. The van der Waals surface area contributed by atoms with E-state index in [4.69, 9.17) is 0 Å². The van der Waals surface area contributed by atoms with E-state index in [0.717, 1.165) is 5.69 Å². The molecule has 0 bridgehead atoms. The monoisotopic (exact) mass is 307 g/mol. The molecule has 0 spiro atoms. The molecular weight excluding hydrogens is 291 g/mol. The van der Waals surface area contributed by atoms with Crippen LogP contribution in [-0.2, 0) is 13.0 Å². The second-order valence-electron chi connectivity index (χ2n) is 5.25. The minimum Gasteiger partial charge on any atom is -0.287 e. The summed E-state index contributed by atoms with van der Waals surface area (Å²) >= 11 is 0. The lowest BCUT2D eigenvalue weighted by Gasteiger charge is -2.04. The van der Waals surface area contributed by atoms with Gasteiger partial charge in [-0.05, 0) is 11.6 Å². The molecule has 1 aromatic heterocycles. The van der Waals surface area contributed by atoms with E-state index in [-0.39, 0.29) is 18.1 Å². The molecule has 4 heteroatoms. The van der Waals surface area contributed by atoms with Crippen LogP contribution in [0.4, 0.5) is 4.39 Å². The SMILES string of the molecule is O=C(C[n+]1ccncc1Cc1ccccc1F)c1ccccc1.